The number of nitrogens with zero attached hydrogens (tertiary/aromatic N) is 2. The van der Waals surface area contributed by atoms with Crippen molar-refractivity contribution in [2.24, 2.45) is 5.92 Å². The fraction of sp³-hybridized carbons (Fsp3) is 0.263. The molecule has 25 heavy (non-hydrogen) atoms. The molecule has 128 valence electrons. The van der Waals surface area contributed by atoms with Gasteiger partial charge in [0.05, 0.1) is 6.04 Å². The Labute approximate surface area is 145 Å². The molecule has 0 bridgehead atoms. The van der Waals surface area contributed by atoms with E-state index in [4.69, 9.17) is 0 Å². The molecule has 2 amide bonds. The van der Waals surface area contributed by atoms with E-state index in [0.717, 1.165) is 16.7 Å². The van der Waals surface area contributed by atoms with Gasteiger partial charge in [-0.3, -0.25) is 19.4 Å². The summed E-state index contributed by atoms with van der Waals surface area (Å²) in [6.45, 7) is 1.98. The summed E-state index contributed by atoms with van der Waals surface area (Å²) < 4.78 is 0. The molecular weight excluding hydrogens is 318 g/mol. The van der Waals surface area contributed by atoms with Crippen LogP contribution in [0.5, 0.6) is 0 Å². The number of pyridine rings is 1. The lowest BCUT2D eigenvalue weighted by Crippen LogP contribution is -2.37. The fourth-order valence-electron chi connectivity index (χ4n) is 2.90. The molecule has 0 spiro atoms. The van der Waals surface area contributed by atoms with Crippen LogP contribution in [0.1, 0.15) is 18.5 Å². The zero-order valence-corrected chi connectivity index (χ0v) is 14.1. The third-order valence-electron chi connectivity index (χ3n) is 4.39. The lowest BCUT2D eigenvalue weighted by molar-refractivity contribution is -0.142. The molecule has 1 saturated heterocycles. The molecule has 1 fully saturated rings. The van der Waals surface area contributed by atoms with Crippen LogP contribution in [0.15, 0.2) is 48.8 Å². The van der Waals surface area contributed by atoms with Crippen LogP contribution in [0.4, 0.5) is 0 Å². The second-order valence-electron chi connectivity index (χ2n) is 6.20. The third-order valence-corrected chi connectivity index (χ3v) is 4.39. The quantitative estimate of drug-likeness (QED) is 0.679. The Morgan fingerprint density at radius 3 is 2.64 bits per heavy atom. The number of hydrogen-bond acceptors (Lipinski definition) is 4. The average Bonchev–Trinajstić information content (AvgIpc) is 2.90. The van der Waals surface area contributed by atoms with Gasteiger partial charge in [-0.05, 0) is 35.7 Å². The Kier molecular flexibility index (Phi) is 4.61. The molecule has 3 rings (SSSR count). The van der Waals surface area contributed by atoms with Crippen molar-refractivity contribution >= 4 is 17.6 Å². The van der Waals surface area contributed by atoms with E-state index in [0.29, 0.717) is 0 Å². The molecule has 0 aliphatic carbocycles. The normalized spacial score (nSPS) is 18.3. The van der Waals surface area contributed by atoms with Crippen molar-refractivity contribution in [3.05, 3.63) is 54.4 Å². The third kappa shape index (κ3) is 3.42. The van der Waals surface area contributed by atoms with Crippen LogP contribution >= 0.6 is 0 Å². The minimum atomic E-state index is -0.929. The van der Waals surface area contributed by atoms with Gasteiger partial charge in [-0.25, -0.2) is 0 Å². The zero-order chi connectivity index (χ0) is 18.0. The van der Waals surface area contributed by atoms with Gasteiger partial charge in [-0.1, -0.05) is 24.3 Å². The van der Waals surface area contributed by atoms with Crippen molar-refractivity contribution < 1.29 is 14.4 Å². The minimum Gasteiger partial charge on any atom is -0.349 e. The smallest absolute Gasteiger partial charge is 0.290 e. The number of amides is 2. The number of hydrogen-bond donors (Lipinski definition) is 1. The minimum absolute atomic E-state index is 0.131. The van der Waals surface area contributed by atoms with Gasteiger partial charge in [0.15, 0.2) is 0 Å². The first kappa shape index (κ1) is 16.8. The van der Waals surface area contributed by atoms with E-state index in [1.54, 1.807) is 12.4 Å². The van der Waals surface area contributed by atoms with E-state index in [2.05, 4.69) is 10.3 Å². The number of likely N-dealkylation sites (N-methyl/N-ethyl adjacent to an activating group) is 1. The van der Waals surface area contributed by atoms with Crippen molar-refractivity contribution in [3.63, 3.8) is 0 Å². The van der Waals surface area contributed by atoms with Crippen LogP contribution in [0.3, 0.4) is 0 Å². The maximum atomic E-state index is 12.4. The van der Waals surface area contributed by atoms with E-state index in [1.807, 2.05) is 43.3 Å². The number of aromatic nitrogens is 1. The van der Waals surface area contributed by atoms with Gasteiger partial charge in [0, 0.05) is 26.0 Å². The van der Waals surface area contributed by atoms with Crippen LogP contribution < -0.4 is 5.32 Å². The van der Waals surface area contributed by atoms with E-state index < -0.39 is 23.5 Å². The van der Waals surface area contributed by atoms with E-state index in [1.165, 1.54) is 11.9 Å². The highest BCUT2D eigenvalue weighted by Crippen LogP contribution is 2.23. The highest BCUT2D eigenvalue weighted by atomic mass is 16.2. The standard InChI is InChI=1S/C19H19N3O3/c1-12(21-18(24)16-11-22(2)19(25)17(16)23)13-5-3-6-14(9-13)15-7-4-8-20-10-15/h3-10,12,16H,11H2,1-2H3,(H,21,24)/t12-,16?/m1/s1. The summed E-state index contributed by atoms with van der Waals surface area (Å²) in [5.74, 6) is -2.59. The molecule has 6 heteroatoms. The number of benzene rings is 1. The predicted molar refractivity (Wildman–Crippen MR) is 92.4 cm³/mol. The van der Waals surface area contributed by atoms with Gasteiger partial charge >= 0.3 is 0 Å². The number of carbonyl (C=O) groups excluding carboxylic acids is 3. The number of rotatable bonds is 4. The molecular formula is C19H19N3O3. The molecule has 1 N–H and O–H groups in total. The van der Waals surface area contributed by atoms with Crippen molar-refractivity contribution in [1.82, 2.24) is 15.2 Å². The summed E-state index contributed by atoms with van der Waals surface area (Å²) in [4.78, 5) is 41.2. The van der Waals surface area contributed by atoms with Crippen LogP contribution in [0.2, 0.25) is 0 Å². The Bertz CT molecular complexity index is 820. The summed E-state index contributed by atoms with van der Waals surface area (Å²) in [5, 5.41) is 2.83. The number of nitrogens with one attached hydrogen (secondary N) is 1. The molecule has 2 aromatic rings. The van der Waals surface area contributed by atoms with Crippen LogP contribution in [-0.4, -0.2) is 41.1 Å². The Hall–Kier alpha value is -3.02. The summed E-state index contributed by atoms with van der Waals surface area (Å²) in [5.41, 5.74) is 2.90. The number of Topliss-reactive ketones (excluding diaryl/α,β-unsaturated/α-hetero) is 1. The molecule has 2 heterocycles. The molecule has 6 nitrogen and oxygen atoms in total. The maximum Gasteiger partial charge on any atom is 0.290 e. The van der Waals surface area contributed by atoms with Crippen molar-refractivity contribution in [1.29, 1.82) is 0 Å². The monoisotopic (exact) mass is 337 g/mol. The number of carbonyl (C=O) groups is 3. The van der Waals surface area contributed by atoms with Crippen LogP contribution in [0.25, 0.3) is 11.1 Å². The molecule has 1 unspecified atom stereocenters. The number of likely N-dealkylation sites (tertiary alicyclic amines) is 1. The Morgan fingerprint density at radius 1 is 1.24 bits per heavy atom. The molecule has 1 aromatic carbocycles. The SMILES string of the molecule is C[C@@H](NC(=O)C1CN(C)C(=O)C1=O)c1cccc(-c2cccnc2)c1. The first-order valence-corrected chi connectivity index (χ1v) is 8.07. The van der Waals surface area contributed by atoms with Crippen LogP contribution in [-0.2, 0) is 14.4 Å². The highest BCUT2D eigenvalue weighted by Gasteiger charge is 2.41. The summed E-state index contributed by atoms with van der Waals surface area (Å²) in [7, 11) is 1.52. The molecule has 0 saturated carbocycles. The first-order valence-electron chi connectivity index (χ1n) is 8.07. The second-order valence-corrected chi connectivity index (χ2v) is 6.20. The fourth-order valence-corrected chi connectivity index (χ4v) is 2.90. The second kappa shape index (κ2) is 6.84. The largest absolute Gasteiger partial charge is 0.349 e. The van der Waals surface area contributed by atoms with Crippen molar-refractivity contribution in [2.75, 3.05) is 13.6 Å². The summed E-state index contributed by atoms with van der Waals surface area (Å²) in [6, 6.07) is 11.3. The lowest BCUT2D eigenvalue weighted by Gasteiger charge is -2.17. The Morgan fingerprint density at radius 2 is 2.00 bits per heavy atom. The van der Waals surface area contributed by atoms with Crippen molar-refractivity contribution in [3.8, 4) is 11.1 Å². The van der Waals surface area contributed by atoms with Gasteiger partial charge < -0.3 is 10.2 Å². The van der Waals surface area contributed by atoms with Gasteiger partial charge in [0.1, 0.15) is 5.92 Å². The van der Waals surface area contributed by atoms with Crippen LogP contribution in [0, 0.1) is 5.92 Å². The topological polar surface area (TPSA) is 79.4 Å². The average molecular weight is 337 g/mol. The predicted octanol–water partition coefficient (Wildman–Crippen LogP) is 1.58. The van der Waals surface area contributed by atoms with Crippen molar-refractivity contribution in [2.45, 2.75) is 13.0 Å². The van der Waals surface area contributed by atoms with E-state index in [9.17, 15) is 14.4 Å². The summed E-state index contributed by atoms with van der Waals surface area (Å²) in [6.07, 6.45) is 3.49. The lowest BCUT2D eigenvalue weighted by atomic mass is 10.00. The molecule has 1 aromatic heterocycles. The molecule has 1 aliphatic heterocycles. The van der Waals surface area contributed by atoms with E-state index >= 15 is 0 Å². The van der Waals surface area contributed by atoms with Gasteiger partial charge in [0.25, 0.3) is 5.91 Å². The molecule has 0 radical (unpaired) electrons. The highest BCUT2D eigenvalue weighted by molar-refractivity contribution is 6.42. The maximum absolute atomic E-state index is 12.4. The molecule has 2 atom stereocenters. The van der Waals surface area contributed by atoms with E-state index in [-0.39, 0.29) is 12.6 Å². The molecule has 1 aliphatic rings. The van der Waals surface area contributed by atoms with Gasteiger partial charge in [-0.15, -0.1) is 0 Å². The van der Waals surface area contributed by atoms with Gasteiger partial charge in [0.2, 0.25) is 11.7 Å². The Balaban J connectivity index is 1.74. The number of ketones is 1. The first-order chi connectivity index (χ1) is 12.0. The zero-order valence-electron chi connectivity index (χ0n) is 14.1. The summed E-state index contributed by atoms with van der Waals surface area (Å²) >= 11 is 0. The van der Waals surface area contributed by atoms with Gasteiger partial charge in [-0.2, -0.15) is 0 Å².